The highest BCUT2D eigenvalue weighted by molar-refractivity contribution is 7.93. The number of amides is 1. The zero-order chi connectivity index (χ0) is 26.4. The summed E-state index contributed by atoms with van der Waals surface area (Å²) in [7, 11) is -3.81. The molecule has 3 heterocycles. The molecule has 3 fully saturated rings. The standard InChI is InChI=1S/C25H31F2N5O4S/c1-17(14-33)37(35,36)30-18-5-6-19(20(13-18)31-11-9-24(7-8-24)10-12-31)23(34)29-21-3-2-4-22(28-21)32-15-25(26,27)16-32/h2-6,13,17,30,33H,7-12,14-16H2,1H3,(H,28,29,34)/t17-/m0/s1. The van der Waals surface area contributed by atoms with Crippen LogP contribution in [0, 0.1) is 5.41 Å². The summed E-state index contributed by atoms with van der Waals surface area (Å²) in [5.41, 5.74) is 1.67. The Morgan fingerprint density at radius 1 is 1.11 bits per heavy atom. The van der Waals surface area contributed by atoms with Crippen LogP contribution < -0.4 is 19.8 Å². The first-order valence-corrected chi connectivity index (χ1v) is 14.0. The van der Waals surface area contributed by atoms with Crippen LogP contribution in [0.1, 0.15) is 43.0 Å². The first-order valence-electron chi connectivity index (χ1n) is 12.4. The number of sulfonamides is 1. The first-order chi connectivity index (χ1) is 17.5. The van der Waals surface area contributed by atoms with E-state index in [-0.39, 0.29) is 5.82 Å². The Balaban J connectivity index is 1.38. The highest BCUT2D eigenvalue weighted by Crippen LogP contribution is 2.54. The van der Waals surface area contributed by atoms with Gasteiger partial charge in [0.25, 0.3) is 11.8 Å². The normalized spacial score (nSPS) is 20.8. The third-order valence-electron chi connectivity index (χ3n) is 7.56. The fourth-order valence-corrected chi connectivity index (χ4v) is 5.69. The Kier molecular flexibility index (Phi) is 6.51. The summed E-state index contributed by atoms with van der Waals surface area (Å²) in [6, 6.07) is 9.58. The highest BCUT2D eigenvalue weighted by Gasteiger charge is 2.45. The van der Waals surface area contributed by atoms with Gasteiger partial charge in [0.1, 0.15) is 16.9 Å². The third kappa shape index (κ3) is 5.49. The van der Waals surface area contributed by atoms with Crippen molar-refractivity contribution in [3.63, 3.8) is 0 Å². The Labute approximate surface area is 214 Å². The van der Waals surface area contributed by atoms with Crippen molar-refractivity contribution in [3.8, 4) is 0 Å². The molecular weight excluding hydrogens is 504 g/mol. The van der Waals surface area contributed by atoms with Crippen molar-refractivity contribution in [1.29, 1.82) is 0 Å². The Morgan fingerprint density at radius 2 is 1.81 bits per heavy atom. The maximum atomic E-state index is 13.4. The van der Waals surface area contributed by atoms with Gasteiger partial charge >= 0.3 is 0 Å². The number of aliphatic hydroxyl groups excluding tert-OH is 1. The summed E-state index contributed by atoms with van der Waals surface area (Å²) in [6.07, 6.45) is 4.46. The van der Waals surface area contributed by atoms with Crippen LogP contribution >= 0.6 is 0 Å². The molecule has 1 aromatic heterocycles. The van der Waals surface area contributed by atoms with E-state index in [2.05, 4.69) is 19.9 Å². The van der Waals surface area contributed by atoms with Gasteiger partial charge in [-0.1, -0.05) is 6.07 Å². The molecule has 1 aromatic carbocycles. The number of rotatable bonds is 8. The lowest BCUT2D eigenvalue weighted by molar-refractivity contribution is -0.0267. The summed E-state index contributed by atoms with van der Waals surface area (Å²) in [5.74, 6) is -2.57. The number of aromatic nitrogens is 1. The van der Waals surface area contributed by atoms with E-state index >= 15 is 0 Å². The SMILES string of the molecule is C[C@@H](CO)S(=O)(=O)Nc1ccc(C(=O)Nc2cccc(N3CC(F)(F)C3)n2)c(N2CCC3(CC2)CC3)c1. The van der Waals surface area contributed by atoms with Crippen LogP contribution in [0.5, 0.6) is 0 Å². The largest absolute Gasteiger partial charge is 0.395 e. The minimum atomic E-state index is -3.81. The maximum Gasteiger partial charge on any atom is 0.282 e. The van der Waals surface area contributed by atoms with Gasteiger partial charge in [0.2, 0.25) is 10.0 Å². The maximum absolute atomic E-state index is 13.4. The molecule has 12 heteroatoms. The highest BCUT2D eigenvalue weighted by atomic mass is 32.2. The fraction of sp³-hybridized carbons (Fsp3) is 0.520. The monoisotopic (exact) mass is 535 g/mol. The number of carbonyl (C=O) groups excluding carboxylic acids is 1. The third-order valence-corrected chi connectivity index (χ3v) is 9.28. The number of hydrogen-bond acceptors (Lipinski definition) is 7. The van der Waals surface area contributed by atoms with Gasteiger partial charge in [-0.15, -0.1) is 0 Å². The molecule has 5 rings (SSSR count). The summed E-state index contributed by atoms with van der Waals surface area (Å²) in [4.78, 5) is 21.2. The van der Waals surface area contributed by atoms with Crippen LogP contribution in [0.4, 0.5) is 31.8 Å². The van der Waals surface area contributed by atoms with Gasteiger partial charge < -0.3 is 20.2 Å². The van der Waals surface area contributed by atoms with Crippen LogP contribution in [-0.4, -0.2) is 68.4 Å². The molecular formula is C25H31F2N5O4S. The second-order valence-corrected chi connectivity index (χ2v) is 12.5. The van der Waals surface area contributed by atoms with Crippen LogP contribution in [-0.2, 0) is 10.0 Å². The van der Waals surface area contributed by atoms with Gasteiger partial charge in [-0.25, -0.2) is 22.2 Å². The smallest absolute Gasteiger partial charge is 0.282 e. The predicted octanol–water partition coefficient (Wildman–Crippen LogP) is 3.29. The molecule has 37 heavy (non-hydrogen) atoms. The Morgan fingerprint density at radius 3 is 2.43 bits per heavy atom. The van der Waals surface area contributed by atoms with Crippen molar-refractivity contribution in [2.75, 3.05) is 52.6 Å². The van der Waals surface area contributed by atoms with Crippen molar-refractivity contribution in [1.82, 2.24) is 4.98 Å². The van der Waals surface area contributed by atoms with Crippen LogP contribution in [0.15, 0.2) is 36.4 Å². The minimum absolute atomic E-state index is 0.237. The number of aliphatic hydroxyl groups is 1. The van der Waals surface area contributed by atoms with Crippen LogP contribution in [0.3, 0.4) is 0 Å². The summed E-state index contributed by atoms with van der Waals surface area (Å²) in [6.45, 7) is 1.57. The molecule has 2 aliphatic heterocycles. The van der Waals surface area contributed by atoms with Crippen molar-refractivity contribution in [2.24, 2.45) is 5.41 Å². The molecule has 1 amide bonds. The van der Waals surface area contributed by atoms with E-state index in [1.54, 1.807) is 30.3 Å². The number of hydrogen-bond donors (Lipinski definition) is 3. The van der Waals surface area contributed by atoms with Gasteiger partial charge in [0, 0.05) is 13.1 Å². The topological polar surface area (TPSA) is 115 Å². The summed E-state index contributed by atoms with van der Waals surface area (Å²) >= 11 is 0. The Hall–Kier alpha value is -2.99. The number of nitrogens with one attached hydrogen (secondary N) is 2. The van der Waals surface area contributed by atoms with Crippen molar-refractivity contribution in [3.05, 3.63) is 42.0 Å². The van der Waals surface area contributed by atoms with Crippen molar-refractivity contribution in [2.45, 2.75) is 43.8 Å². The molecule has 0 radical (unpaired) electrons. The van der Waals surface area contributed by atoms with E-state index < -0.39 is 46.8 Å². The number of halogens is 2. The lowest BCUT2D eigenvalue weighted by atomic mass is 9.93. The van der Waals surface area contributed by atoms with E-state index in [1.165, 1.54) is 30.7 Å². The molecule has 200 valence electrons. The number of pyridine rings is 1. The van der Waals surface area contributed by atoms with Gasteiger partial charge in [0.15, 0.2) is 0 Å². The number of alkyl halides is 2. The van der Waals surface area contributed by atoms with E-state index in [1.807, 2.05) is 0 Å². The lowest BCUT2D eigenvalue weighted by Crippen LogP contribution is -2.56. The first kappa shape index (κ1) is 25.7. The van der Waals surface area contributed by atoms with Gasteiger partial charge in [0.05, 0.1) is 36.6 Å². The number of benzene rings is 1. The van der Waals surface area contributed by atoms with Crippen molar-refractivity contribution < 1.29 is 27.1 Å². The Bertz CT molecular complexity index is 1280. The summed E-state index contributed by atoms with van der Waals surface area (Å²) < 4.78 is 54.1. The molecule has 0 bridgehead atoms. The van der Waals surface area contributed by atoms with Gasteiger partial charge in [-0.3, -0.25) is 9.52 Å². The lowest BCUT2D eigenvalue weighted by Gasteiger charge is -2.39. The van der Waals surface area contributed by atoms with Gasteiger partial charge in [-0.05, 0) is 68.4 Å². The van der Waals surface area contributed by atoms with Crippen LogP contribution in [0.25, 0.3) is 0 Å². The molecule has 2 saturated heterocycles. The zero-order valence-electron chi connectivity index (χ0n) is 20.6. The molecule has 1 spiro atoms. The molecule has 1 saturated carbocycles. The molecule has 1 aliphatic carbocycles. The molecule has 2 aromatic rings. The number of piperidine rings is 1. The average Bonchev–Trinajstić information content (AvgIpc) is 3.60. The van der Waals surface area contributed by atoms with Gasteiger partial charge in [-0.2, -0.15) is 0 Å². The summed E-state index contributed by atoms with van der Waals surface area (Å²) in [5, 5.41) is 11.1. The second-order valence-electron chi connectivity index (χ2n) is 10.4. The van der Waals surface area contributed by atoms with E-state index in [0.29, 0.717) is 28.2 Å². The number of anilines is 4. The van der Waals surface area contributed by atoms with Crippen molar-refractivity contribution >= 4 is 38.9 Å². The zero-order valence-corrected chi connectivity index (χ0v) is 21.4. The van der Waals surface area contributed by atoms with E-state index in [9.17, 15) is 27.1 Å². The molecule has 0 unspecified atom stereocenters. The number of carbonyl (C=O) groups is 1. The number of nitrogens with zero attached hydrogens (tertiary/aromatic N) is 3. The van der Waals surface area contributed by atoms with E-state index in [4.69, 9.17) is 0 Å². The molecule has 9 nitrogen and oxygen atoms in total. The van der Waals surface area contributed by atoms with E-state index in [0.717, 1.165) is 25.9 Å². The van der Waals surface area contributed by atoms with Crippen LogP contribution in [0.2, 0.25) is 0 Å². The predicted molar refractivity (Wildman–Crippen MR) is 138 cm³/mol. The second kappa shape index (κ2) is 9.39. The fourth-order valence-electron chi connectivity index (χ4n) is 4.84. The minimum Gasteiger partial charge on any atom is -0.395 e. The molecule has 1 atom stereocenters. The molecule has 3 aliphatic rings. The average molecular weight is 536 g/mol. The molecule has 3 N–H and O–H groups in total. The quantitative estimate of drug-likeness (QED) is 0.475.